The number of carbonyl (C=O) groups is 1. The number of hydrogen-bond acceptors (Lipinski definition) is 4. The fraction of sp³-hybridized carbons (Fsp3) is 0.500. The van der Waals surface area contributed by atoms with Gasteiger partial charge in [0.05, 0.1) is 31.4 Å². The summed E-state index contributed by atoms with van der Waals surface area (Å²) in [5, 5.41) is 3.36. The van der Waals surface area contributed by atoms with Gasteiger partial charge in [0.25, 0.3) is 0 Å². The maximum Gasteiger partial charge on any atom is 0.231 e. The van der Waals surface area contributed by atoms with Crippen molar-refractivity contribution in [1.29, 1.82) is 0 Å². The summed E-state index contributed by atoms with van der Waals surface area (Å²) in [4.78, 5) is 12.2. The van der Waals surface area contributed by atoms with E-state index in [4.69, 9.17) is 26.8 Å². The third kappa shape index (κ3) is 3.62. The van der Waals surface area contributed by atoms with E-state index in [0.29, 0.717) is 36.3 Å². The molecule has 0 aromatic heterocycles. The molecule has 1 saturated heterocycles. The standard InChI is InChI=1S/C14H19ClN2O3/c1-2-5-20-13-4-3-9(15)6-12(13)17-14(18)10-7-19-8-11(10)16/h3-4,6,10-11H,2,5,7-8,16H2,1H3,(H,17,18). The molecule has 20 heavy (non-hydrogen) atoms. The summed E-state index contributed by atoms with van der Waals surface area (Å²) in [6.07, 6.45) is 0.886. The van der Waals surface area contributed by atoms with Crippen LogP contribution in [0.4, 0.5) is 5.69 Å². The van der Waals surface area contributed by atoms with E-state index in [-0.39, 0.29) is 17.9 Å². The van der Waals surface area contributed by atoms with Gasteiger partial charge in [-0.3, -0.25) is 4.79 Å². The molecule has 110 valence electrons. The molecule has 3 N–H and O–H groups in total. The molecule has 1 fully saturated rings. The number of nitrogens with one attached hydrogen (secondary N) is 1. The van der Waals surface area contributed by atoms with Crippen LogP contribution in [0.25, 0.3) is 0 Å². The summed E-state index contributed by atoms with van der Waals surface area (Å²) in [5.74, 6) is 0.101. The fourth-order valence-corrected chi connectivity index (χ4v) is 2.18. The molecule has 0 spiro atoms. The molecule has 2 atom stereocenters. The lowest BCUT2D eigenvalue weighted by molar-refractivity contribution is -0.120. The Balaban J connectivity index is 2.10. The first-order valence-corrected chi connectivity index (χ1v) is 7.06. The Bertz CT molecular complexity index is 481. The number of ether oxygens (including phenoxy) is 2. The van der Waals surface area contributed by atoms with Crippen LogP contribution in [0.3, 0.4) is 0 Å². The van der Waals surface area contributed by atoms with Gasteiger partial charge in [0.15, 0.2) is 0 Å². The predicted molar refractivity (Wildman–Crippen MR) is 78.2 cm³/mol. The predicted octanol–water partition coefficient (Wildman–Crippen LogP) is 2.04. The number of anilines is 1. The topological polar surface area (TPSA) is 73.6 Å². The minimum absolute atomic E-state index is 0.168. The highest BCUT2D eigenvalue weighted by Crippen LogP contribution is 2.29. The van der Waals surface area contributed by atoms with Crippen LogP contribution in [0.15, 0.2) is 18.2 Å². The Labute approximate surface area is 123 Å². The Kier molecular flexibility index (Phi) is 5.23. The Hall–Kier alpha value is -1.30. The molecule has 0 radical (unpaired) electrons. The monoisotopic (exact) mass is 298 g/mol. The van der Waals surface area contributed by atoms with Gasteiger partial charge in [-0.2, -0.15) is 0 Å². The van der Waals surface area contributed by atoms with Crippen LogP contribution in [0, 0.1) is 5.92 Å². The summed E-state index contributed by atoms with van der Waals surface area (Å²) in [6, 6.07) is 4.88. The van der Waals surface area contributed by atoms with Gasteiger partial charge in [0.2, 0.25) is 5.91 Å². The quantitative estimate of drug-likeness (QED) is 0.872. The normalized spacial score (nSPS) is 21.8. The molecule has 2 rings (SSSR count). The largest absolute Gasteiger partial charge is 0.491 e. The molecular weight excluding hydrogens is 280 g/mol. The Morgan fingerprint density at radius 1 is 1.55 bits per heavy atom. The molecule has 1 aliphatic heterocycles. The van der Waals surface area contributed by atoms with Crippen LogP contribution in [-0.2, 0) is 9.53 Å². The molecule has 1 heterocycles. The summed E-state index contributed by atoms with van der Waals surface area (Å²) in [5.41, 5.74) is 6.40. The van der Waals surface area contributed by atoms with Crippen LogP contribution in [0.5, 0.6) is 5.75 Å². The van der Waals surface area contributed by atoms with Gasteiger partial charge in [-0.1, -0.05) is 18.5 Å². The van der Waals surface area contributed by atoms with Crippen LogP contribution in [-0.4, -0.2) is 31.8 Å². The number of carbonyl (C=O) groups excluding carboxylic acids is 1. The van der Waals surface area contributed by atoms with E-state index in [1.807, 2.05) is 6.92 Å². The highest BCUT2D eigenvalue weighted by molar-refractivity contribution is 6.31. The van der Waals surface area contributed by atoms with Crippen LogP contribution in [0.1, 0.15) is 13.3 Å². The molecule has 1 aromatic rings. The van der Waals surface area contributed by atoms with Crippen molar-refractivity contribution in [3.05, 3.63) is 23.2 Å². The lowest BCUT2D eigenvalue weighted by atomic mass is 10.0. The Morgan fingerprint density at radius 3 is 3.00 bits per heavy atom. The highest BCUT2D eigenvalue weighted by Gasteiger charge is 2.31. The number of halogens is 1. The molecule has 2 unspecified atom stereocenters. The molecule has 0 bridgehead atoms. The smallest absolute Gasteiger partial charge is 0.231 e. The second kappa shape index (κ2) is 6.92. The van der Waals surface area contributed by atoms with Gasteiger partial charge in [-0.05, 0) is 24.6 Å². The van der Waals surface area contributed by atoms with Crippen molar-refractivity contribution in [2.45, 2.75) is 19.4 Å². The van der Waals surface area contributed by atoms with Gasteiger partial charge in [0, 0.05) is 11.1 Å². The minimum Gasteiger partial charge on any atom is -0.491 e. The second-order valence-electron chi connectivity index (χ2n) is 4.79. The van der Waals surface area contributed by atoms with Crippen molar-refractivity contribution in [2.75, 3.05) is 25.1 Å². The molecule has 0 saturated carbocycles. The number of nitrogens with two attached hydrogens (primary N) is 1. The summed E-state index contributed by atoms with van der Waals surface area (Å²) in [6.45, 7) is 3.35. The van der Waals surface area contributed by atoms with Crippen molar-refractivity contribution in [3.8, 4) is 5.75 Å². The maximum absolute atomic E-state index is 12.2. The second-order valence-corrected chi connectivity index (χ2v) is 5.22. The molecule has 6 heteroatoms. The summed E-state index contributed by atoms with van der Waals surface area (Å²) >= 11 is 5.97. The van der Waals surface area contributed by atoms with Crippen LogP contribution in [0.2, 0.25) is 5.02 Å². The van der Waals surface area contributed by atoms with E-state index in [0.717, 1.165) is 6.42 Å². The fourth-order valence-electron chi connectivity index (χ4n) is 2.00. The summed E-state index contributed by atoms with van der Waals surface area (Å²) < 4.78 is 10.8. The first-order chi connectivity index (χ1) is 9.61. The third-order valence-corrected chi connectivity index (χ3v) is 3.36. The average Bonchev–Trinajstić information content (AvgIpc) is 2.84. The summed E-state index contributed by atoms with van der Waals surface area (Å²) in [7, 11) is 0. The lowest BCUT2D eigenvalue weighted by Gasteiger charge is -2.16. The highest BCUT2D eigenvalue weighted by atomic mass is 35.5. The van der Waals surface area contributed by atoms with Gasteiger partial charge < -0.3 is 20.5 Å². The van der Waals surface area contributed by atoms with Crippen molar-refractivity contribution in [2.24, 2.45) is 11.7 Å². The van der Waals surface area contributed by atoms with Crippen LogP contribution < -0.4 is 15.8 Å². The maximum atomic E-state index is 12.2. The zero-order chi connectivity index (χ0) is 14.5. The van der Waals surface area contributed by atoms with Crippen LogP contribution >= 0.6 is 11.6 Å². The molecule has 1 aromatic carbocycles. The first kappa shape index (κ1) is 15.1. The third-order valence-electron chi connectivity index (χ3n) is 3.12. The van der Waals surface area contributed by atoms with E-state index in [1.165, 1.54) is 0 Å². The number of benzene rings is 1. The molecule has 0 aliphatic carbocycles. The van der Waals surface area contributed by atoms with E-state index < -0.39 is 0 Å². The number of rotatable bonds is 5. The Morgan fingerprint density at radius 2 is 2.35 bits per heavy atom. The SMILES string of the molecule is CCCOc1ccc(Cl)cc1NC(=O)C1COCC1N. The van der Waals surface area contributed by atoms with Crippen molar-refractivity contribution < 1.29 is 14.3 Å². The van der Waals surface area contributed by atoms with Crippen molar-refractivity contribution in [1.82, 2.24) is 0 Å². The van der Waals surface area contributed by atoms with Gasteiger partial charge >= 0.3 is 0 Å². The van der Waals surface area contributed by atoms with Gasteiger partial charge in [-0.15, -0.1) is 0 Å². The number of amides is 1. The minimum atomic E-state index is -0.340. The average molecular weight is 299 g/mol. The van der Waals surface area contributed by atoms with Gasteiger partial charge in [-0.25, -0.2) is 0 Å². The van der Waals surface area contributed by atoms with E-state index in [2.05, 4.69) is 5.32 Å². The number of hydrogen-bond donors (Lipinski definition) is 2. The van der Waals surface area contributed by atoms with Crippen molar-refractivity contribution >= 4 is 23.2 Å². The molecule has 1 aliphatic rings. The first-order valence-electron chi connectivity index (χ1n) is 6.68. The van der Waals surface area contributed by atoms with E-state index in [9.17, 15) is 4.79 Å². The molecule has 5 nitrogen and oxygen atoms in total. The molecule has 1 amide bonds. The van der Waals surface area contributed by atoms with E-state index in [1.54, 1.807) is 18.2 Å². The lowest BCUT2D eigenvalue weighted by Crippen LogP contribution is -2.37. The van der Waals surface area contributed by atoms with E-state index >= 15 is 0 Å². The van der Waals surface area contributed by atoms with Gasteiger partial charge in [0.1, 0.15) is 5.75 Å². The van der Waals surface area contributed by atoms with Crippen molar-refractivity contribution in [3.63, 3.8) is 0 Å². The molecular formula is C14H19ClN2O3. The zero-order valence-corrected chi connectivity index (χ0v) is 12.2. The zero-order valence-electron chi connectivity index (χ0n) is 11.4.